The fraction of sp³-hybridized carbons (Fsp3) is 0.300. The molecule has 25 heavy (non-hydrogen) atoms. The summed E-state index contributed by atoms with van der Waals surface area (Å²) in [6.07, 6.45) is 1.68. The third-order valence-electron chi connectivity index (χ3n) is 5.06. The molecule has 2 aromatic carbocycles. The summed E-state index contributed by atoms with van der Waals surface area (Å²) in [4.78, 5) is 0. The number of para-hydroxylation sites is 1. The molecule has 5 heteroatoms. The van der Waals surface area contributed by atoms with E-state index in [0.717, 1.165) is 38.4 Å². The lowest BCUT2D eigenvalue weighted by Gasteiger charge is -2.37. The highest BCUT2D eigenvalue weighted by Crippen LogP contribution is 2.34. The molecule has 0 aliphatic rings. The third kappa shape index (κ3) is 2.55. The second kappa shape index (κ2) is 5.38. The molecule has 4 nitrogen and oxygen atoms in total. The molecule has 2 aromatic heterocycles. The molecule has 1 radical (unpaired) electrons. The molecule has 4 aromatic rings. The van der Waals surface area contributed by atoms with Crippen molar-refractivity contribution in [3.63, 3.8) is 0 Å². The van der Waals surface area contributed by atoms with Crippen molar-refractivity contribution in [2.75, 3.05) is 0 Å². The first-order valence-corrected chi connectivity index (χ1v) is 8.33. The minimum atomic E-state index is -0.995. The van der Waals surface area contributed by atoms with Crippen LogP contribution in [0.5, 0.6) is 0 Å². The first-order valence-electron chi connectivity index (χ1n) is 8.33. The van der Waals surface area contributed by atoms with Crippen molar-refractivity contribution < 1.29 is 18.6 Å². The molecule has 2 heterocycles. The Balaban J connectivity index is 1.88. The van der Waals surface area contributed by atoms with Crippen LogP contribution < -0.4 is 5.46 Å². The van der Waals surface area contributed by atoms with Gasteiger partial charge in [-0.2, -0.15) is 0 Å². The number of fused-ring (bicyclic) bond motifs is 5. The summed E-state index contributed by atoms with van der Waals surface area (Å²) in [5.74, 6) is 0. The number of rotatable bonds is 4. The van der Waals surface area contributed by atoms with Gasteiger partial charge in [-0.3, -0.25) is 0 Å². The van der Waals surface area contributed by atoms with Crippen LogP contribution in [0.2, 0.25) is 0 Å². The minimum absolute atomic E-state index is 0.752. The van der Waals surface area contributed by atoms with Gasteiger partial charge in [-0.25, -0.2) is 0 Å². The molecule has 0 saturated carbocycles. The Bertz CT molecular complexity index is 1070. The number of furan rings is 2. The summed E-state index contributed by atoms with van der Waals surface area (Å²) in [6.45, 7) is 7.16. The summed E-state index contributed by atoms with van der Waals surface area (Å²) < 4.78 is 17.6. The van der Waals surface area contributed by atoms with Crippen LogP contribution in [0.15, 0.2) is 51.5 Å². The van der Waals surface area contributed by atoms with E-state index >= 15 is 0 Å². The predicted molar refractivity (Wildman–Crippen MR) is 100 cm³/mol. The third-order valence-corrected chi connectivity index (χ3v) is 5.06. The van der Waals surface area contributed by atoms with Crippen molar-refractivity contribution in [3.05, 3.63) is 42.7 Å². The summed E-state index contributed by atoms with van der Waals surface area (Å²) in [5, 5.41) is 13.4. The lowest BCUT2D eigenvalue weighted by Crippen LogP contribution is -2.49. The van der Waals surface area contributed by atoms with Crippen LogP contribution in [0, 0.1) is 0 Å². The SMILES string of the molecule is CC(C)(O)C(C)(C)O[B]c1cc2occc2c2c1oc1ccccc12. The van der Waals surface area contributed by atoms with Gasteiger partial charge in [0, 0.05) is 16.2 Å². The number of aliphatic hydroxyl groups is 1. The van der Waals surface area contributed by atoms with E-state index in [4.69, 9.17) is 13.5 Å². The van der Waals surface area contributed by atoms with Crippen LogP contribution in [0.25, 0.3) is 32.9 Å². The van der Waals surface area contributed by atoms with Crippen molar-refractivity contribution in [2.45, 2.75) is 38.9 Å². The molecule has 0 spiro atoms. The lowest BCUT2D eigenvalue weighted by molar-refractivity contribution is -0.0893. The molecule has 0 aliphatic heterocycles. The molecule has 1 N–H and O–H groups in total. The fourth-order valence-electron chi connectivity index (χ4n) is 2.80. The van der Waals surface area contributed by atoms with Crippen molar-refractivity contribution >= 4 is 45.9 Å². The van der Waals surface area contributed by atoms with E-state index in [9.17, 15) is 5.11 Å². The number of hydrogen-bond donors (Lipinski definition) is 1. The average Bonchev–Trinajstić information content (AvgIpc) is 3.15. The van der Waals surface area contributed by atoms with E-state index in [0.29, 0.717) is 0 Å². The van der Waals surface area contributed by atoms with Gasteiger partial charge in [-0.05, 0) is 51.4 Å². The topological polar surface area (TPSA) is 55.7 Å². The summed E-state index contributed by atoms with van der Waals surface area (Å²) >= 11 is 0. The molecule has 0 atom stereocenters. The van der Waals surface area contributed by atoms with Gasteiger partial charge in [0.05, 0.1) is 17.5 Å². The number of hydrogen-bond acceptors (Lipinski definition) is 4. The zero-order valence-electron chi connectivity index (χ0n) is 14.8. The van der Waals surface area contributed by atoms with E-state index in [1.807, 2.05) is 50.2 Å². The largest absolute Gasteiger partial charge is 0.464 e. The molecule has 0 fully saturated rings. The van der Waals surface area contributed by atoms with Gasteiger partial charge in [-0.15, -0.1) is 0 Å². The standard InChI is InChI=1S/C20H20BO4/c1-19(2,22)20(3,4)25-21-14-11-16-13(9-10-23-16)17-12-7-5-6-8-15(12)24-18(14)17/h5-11,22H,1-4H3. The highest BCUT2D eigenvalue weighted by atomic mass is 16.5. The van der Waals surface area contributed by atoms with E-state index < -0.39 is 11.2 Å². The van der Waals surface area contributed by atoms with Crippen LogP contribution in [-0.4, -0.2) is 23.8 Å². The summed E-state index contributed by atoms with van der Waals surface area (Å²) in [6, 6.07) is 11.8. The Labute approximate surface area is 146 Å². The molecule has 0 saturated heterocycles. The fourth-order valence-corrected chi connectivity index (χ4v) is 2.80. The number of benzene rings is 2. The highest BCUT2D eigenvalue weighted by molar-refractivity contribution is 6.52. The normalized spacial score (nSPS) is 13.2. The molecule has 4 rings (SSSR count). The van der Waals surface area contributed by atoms with Gasteiger partial charge in [0.15, 0.2) is 0 Å². The van der Waals surface area contributed by atoms with Gasteiger partial charge in [0.1, 0.15) is 16.7 Å². The van der Waals surface area contributed by atoms with Crippen LogP contribution in [0.3, 0.4) is 0 Å². The molecule has 0 amide bonds. The Morgan fingerprint density at radius 2 is 1.72 bits per heavy atom. The van der Waals surface area contributed by atoms with Gasteiger partial charge in [-0.1, -0.05) is 18.2 Å². The van der Waals surface area contributed by atoms with Crippen LogP contribution in [0.1, 0.15) is 27.7 Å². The van der Waals surface area contributed by atoms with Crippen molar-refractivity contribution in [1.82, 2.24) is 0 Å². The smallest absolute Gasteiger partial charge is 0.334 e. The molecule has 0 unspecified atom stereocenters. The Kier molecular flexibility index (Phi) is 3.50. The van der Waals surface area contributed by atoms with Gasteiger partial charge < -0.3 is 18.6 Å². The molecular weight excluding hydrogens is 315 g/mol. The maximum absolute atomic E-state index is 10.3. The van der Waals surface area contributed by atoms with E-state index in [2.05, 4.69) is 0 Å². The molecule has 127 valence electrons. The van der Waals surface area contributed by atoms with Crippen molar-refractivity contribution in [2.24, 2.45) is 0 Å². The first-order chi connectivity index (χ1) is 11.8. The van der Waals surface area contributed by atoms with Crippen LogP contribution in [-0.2, 0) is 4.65 Å². The van der Waals surface area contributed by atoms with Crippen LogP contribution >= 0.6 is 0 Å². The maximum atomic E-state index is 10.3. The molecular formula is C20H20BO4. The summed E-state index contributed by atoms with van der Waals surface area (Å²) in [7, 11) is 1.64. The van der Waals surface area contributed by atoms with E-state index in [1.54, 1.807) is 27.6 Å². The molecule has 0 aliphatic carbocycles. The zero-order chi connectivity index (χ0) is 17.8. The predicted octanol–water partition coefficient (Wildman–Crippen LogP) is 4.14. The highest BCUT2D eigenvalue weighted by Gasteiger charge is 2.36. The van der Waals surface area contributed by atoms with Crippen molar-refractivity contribution in [1.29, 1.82) is 0 Å². The second-order valence-electron chi connectivity index (χ2n) is 7.41. The van der Waals surface area contributed by atoms with E-state index in [-0.39, 0.29) is 0 Å². The first kappa shape index (κ1) is 16.2. The molecule has 0 bridgehead atoms. The maximum Gasteiger partial charge on any atom is 0.334 e. The monoisotopic (exact) mass is 335 g/mol. The Morgan fingerprint density at radius 3 is 2.48 bits per heavy atom. The van der Waals surface area contributed by atoms with Gasteiger partial charge in [0.2, 0.25) is 0 Å². The second-order valence-corrected chi connectivity index (χ2v) is 7.41. The van der Waals surface area contributed by atoms with Gasteiger partial charge >= 0.3 is 7.48 Å². The quantitative estimate of drug-likeness (QED) is 0.570. The lowest BCUT2D eigenvalue weighted by atomic mass is 9.81. The average molecular weight is 335 g/mol. The summed E-state index contributed by atoms with van der Waals surface area (Å²) in [5.41, 5.74) is 1.37. The van der Waals surface area contributed by atoms with E-state index in [1.165, 1.54) is 0 Å². The Hall–Kier alpha value is -2.24. The minimum Gasteiger partial charge on any atom is -0.464 e. The zero-order valence-corrected chi connectivity index (χ0v) is 14.8. The van der Waals surface area contributed by atoms with Crippen molar-refractivity contribution in [3.8, 4) is 0 Å². The Morgan fingerprint density at radius 1 is 1.00 bits per heavy atom. The van der Waals surface area contributed by atoms with Gasteiger partial charge in [0.25, 0.3) is 0 Å². The van der Waals surface area contributed by atoms with Crippen LogP contribution in [0.4, 0.5) is 0 Å².